The number of halogens is 2. The molecule has 1 N–H and O–H groups in total. The van der Waals surface area contributed by atoms with Crippen LogP contribution < -0.4 is 4.72 Å². The highest BCUT2D eigenvalue weighted by Gasteiger charge is 2.21. The van der Waals surface area contributed by atoms with Gasteiger partial charge in [-0.05, 0) is 48.0 Å². The summed E-state index contributed by atoms with van der Waals surface area (Å²) < 4.78 is 27.3. The monoisotopic (exact) mass is 489 g/mol. The van der Waals surface area contributed by atoms with Gasteiger partial charge in [0.05, 0.1) is 27.2 Å². The van der Waals surface area contributed by atoms with Crippen LogP contribution in [0.2, 0.25) is 10.0 Å². The Morgan fingerprint density at radius 1 is 1.03 bits per heavy atom. The molecule has 0 atom stereocenters. The van der Waals surface area contributed by atoms with Crippen molar-refractivity contribution in [3.8, 4) is 0 Å². The summed E-state index contributed by atoms with van der Waals surface area (Å²) >= 11 is 12.1. The Balaban J connectivity index is 1.93. The second-order valence-electron chi connectivity index (χ2n) is 6.90. The van der Waals surface area contributed by atoms with Gasteiger partial charge in [-0.1, -0.05) is 47.5 Å². The average Bonchev–Trinajstić information content (AvgIpc) is 2.80. The molecule has 0 spiro atoms. The minimum Gasteiger partial charge on any atom is -0.328 e. The molecule has 3 rings (SSSR count). The average molecular weight is 490 g/mol. The number of nitrogens with one attached hydrogen (secondary N) is 1. The number of benzene rings is 2. The second-order valence-corrected chi connectivity index (χ2v) is 9.48. The van der Waals surface area contributed by atoms with Gasteiger partial charge in [0.2, 0.25) is 10.0 Å². The largest absolute Gasteiger partial charge is 0.328 e. The number of carbonyl (C=O) groups excluding carboxylic acids is 1. The molecule has 1 amide bonds. The van der Waals surface area contributed by atoms with Crippen molar-refractivity contribution in [2.75, 3.05) is 6.54 Å². The first-order valence-electron chi connectivity index (χ1n) is 9.64. The van der Waals surface area contributed by atoms with Crippen LogP contribution in [0.25, 0.3) is 0 Å². The molecule has 3 aromatic rings. The van der Waals surface area contributed by atoms with Crippen molar-refractivity contribution in [2.45, 2.75) is 18.0 Å². The fraction of sp³-hybridized carbons (Fsp3) is 0.130. The fourth-order valence-corrected chi connectivity index (χ4v) is 4.34. The fourth-order valence-electron chi connectivity index (χ4n) is 2.98. The molecule has 0 radical (unpaired) electrons. The van der Waals surface area contributed by atoms with Crippen molar-refractivity contribution in [2.24, 2.45) is 0 Å². The van der Waals surface area contributed by atoms with E-state index in [0.29, 0.717) is 15.7 Å². The third-order valence-electron chi connectivity index (χ3n) is 4.53. The lowest BCUT2D eigenvalue weighted by molar-refractivity contribution is 0.0727. The quantitative estimate of drug-likeness (QED) is 0.442. The standard InChI is InChI=1S/C23H21Cl2N3O3S/c1-2-11-27-32(30,31)20-8-5-6-18(14-20)23(29)28(16-19-7-3-4-12-26-19)15-17-9-10-21(24)22(25)13-17/h2-10,12-14,27H,1,11,15-16H2. The Morgan fingerprint density at radius 2 is 1.84 bits per heavy atom. The predicted molar refractivity (Wildman–Crippen MR) is 126 cm³/mol. The number of pyridine rings is 1. The smallest absolute Gasteiger partial charge is 0.254 e. The predicted octanol–water partition coefficient (Wildman–Crippen LogP) is 4.70. The van der Waals surface area contributed by atoms with Gasteiger partial charge in [-0.2, -0.15) is 0 Å². The first kappa shape index (κ1) is 23.9. The molecule has 9 heteroatoms. The number of aromatic nitrogens is 1. The maximum atomic E-state index is 13.4. The second kappa shape index (κ2) is 10.7. The normalized spacial score (nSPS) is 11.2. The molecular weight excluding hydrogens is 469 g/mol. The first-order valence-corrected chi connectivity index (χ1v) is 11.9. The maximum absolute atomic E-state index is 13.4. The van der Waals surface area contributed by atoms with Crippen LogP contribution in [0.1, 0.15) is 21.6 Å². The van der Waals surface area contributed by atoms with Gasteiger partial charge in [0.25, 0.3) is 5.91 Å². The topological polar surface area (TPSA) is 79.4 Å². The number of rotatable bonds is 9. The molecule has 6 nitrogen and oxygen atoms in total. The third-order valence-corrected chi connectivity index (χ3v) is 6.69. The van der Waals surface area contributed by atoms with E-state index in [-0.39, 0.29) is 36.0 Å². The first-order chi connectivity index (χ1) is 15.3. The highest BCUT2D eigenvalue weighted by Crippen LogP contribution is 2.24. The highest BCUT2D eigenvalue weighted by molar-refractivity contribution is 7.89. The Hall–Kier alpha value is -2.71. The van der Waals surface area contributed by atoms with Crippen LogP contribution in [-0.2, 0) is 23.1 Å². The molecule has 0 aliphatic rings. The zero-order valence-electron chi connectivity index (χ0n) is 17.0. The Labute approximate surface area is 197 Å². The molecule has 0 saturated carbocycles. The van der Waals surface area contributed by atoms with E-state index >= 15 is 0 Å². The van der Waals surface area contributed by atoms with Gasteiger partial charge in [-0.25, -0.2) is 13.1 Å². The van der Waals surface area contributed by atoms with E-state index in [0.717, 1.165) is 5.56 Å². The van der Waals surface area contributed by atoms with Crippen molar-refractivity contribution in [3.05, 3.63) is 106 Å². The van der Waals surface area contributed by atoms with Gasteiger partial charge in [-0.3, -0.25) is 9.78 Å². The minimum absolute atomic E-state index is 0.00229. The van der Waals surface area contributed by atoms with E-state index in [2.05, 4.69) is 16.3 Å². The Bertz CT molecular complexity index is 1220. The van der Waals surface area contributed by atoms with E-state index in [1.165, 1.54) is 24.3 Å². The summed E-state index contributed by atoms with van der Waals surface area (Å²) in [5, 5.41) is 0.804. The lowest BCUT2D eigenvalue weighted by Crippen LogP contribution is -2.31. The van der Waals surface area contributed by atoms with Crippen molar-refractivity contribution in [1.29, 1.82) is 0 Å². The van der Waals surface area contributed by atoms with Crippen molar-refractivity contribution in [1.82, 2.24) is 14.6 Å². The number of amides is 1. The molecular formula is C23H21Cl2N3O3S. The van der Waals surface area contributed by atoms with Crippen LogP contribution in [0.4, 0.5) is 0 Å². The van der Waals surface area contributed by atoms with Crippen LogP contribution in [0, 0.1) is 0 Å². The van der Waals surface area contributed by atoms with E-state index in [1.54, 1.807) is 41.4 Å². The van der Waals surface area contributed by atoms with Gasteiger partial charge in [0.15, 0.2) is 0 Å². The SMILES string of the molecule is C=CCNS(=O)(=O)c1cccc(C(=O)N(Cc2ccc(Cl)c(Cl)c2)Cc2ccccn2)c1. The summed E-state index contributed by atoms with van der Waals surface area (Å²) in [5.41, 5.74) is 1.71. The van der Waals surface area contributed by atoms with Crippen LogP contribution in [0.5, 0.6) is 0 Å². The number of carbonyl (C=O) groups is 1. The molecule has 166 valence electrons. The Morgan fingerprint density at radius 3 is 2.53 bits per heavy atom. The third kappa shape index (κ3) is 6.17. The molecule has 1 aromatic heterocycles. The van der Waals surface area contributed by atoms with Crippen LogP contribution in [0.15, 0.2) is 84.4 Å². The maximum Gasteiger partial charge on any atom is 0.254 e. The molecule has 0 unspecified atom stereocenters. The molecule has 1 heterocycles. The number of nitrogens with zero attached hydrogens (tertiary/aromatic N) is 2. The molecule has 0 fully saturated rings. The number of hydrogen-bond acceptors (Lipinski definition) is 4. The van der Waals surface area contributed by atoms with E-state index in [9.17, 15) is 13.2 Å². The lowest BCUT2D eigenvalue weighted by atomic mass is 10.1. The molecule has 0 aliphatic heterocycles. The van der Waals surface area contributed by atoms with Gasteiger partial charge in [0.1, 0.15) is 0 Å². The van der Waals surface area contributed by atoms with E-state index in [4.69, 9.17) is 23.2 Å². The Kier molecular flexibility index (Phi) is 8.04. The van der Waals surface area contributed by atoms with Crippen molar-refractivity contribution < 1.29 is 13.2 Å². The molecule has 32 heavy (non-hydrogen) atoms. The summed E-state index contributed by atoms with van der Waals surface area (Å²) in [4.78, 5) is 19.3. The minimum atomic E-state index is -3.77. The number of hydrogen-bond donors (Lipinski definition) is 1. The van der Waals surface area contributed by atoms with Crippen molar-refractivity contribution in [3.63, 3.8) is 0 Å². The molecule has 0 aliphatic carbocycles. The number of sulfonamides is 1. The highest BCUT2D eigenvalue weighted by atomic mass is 35.5. The zero-order chi connectivity index (χ0) is 23.1. The molecule has 2 aromatic carbocycles. The molecule has 0 saturated heterocycles. The lowest BCUT2D eigenvalue weighted by Gasteiger charge is -2.23. The van der Waals surface area contributed by atoms with Crippen molar-refractivity contribution >= 4 is 39.1 Å². The van der Waals surface area contributed by atoms with E-state index < -0.39 is 10.0 Å². The van der Waals surface area contributed by atoms with Gasteiger partial charge < -0.3 is 4.90 Å². The summed E-state index contributed by atoms with van der Waals surface area (Å²) in [7, 11) is -3.77. The van der Waals surface area contributed by atoms with Gasteiger partial charge >= 0.3 is 0 Å². The zero-order valence-corrected chi connectivity index (χ0v) is 19.4. The van der Waals surface area contributed by atoms with Gasteiger partial charge in [0, 0.05) is 24.8 Å². The summed E-state index contributed by atoms with van der Waals surface area (Å²) in [6.45, 7) is 4.06. The summed E-state index contributed by atoms with van der Waals surface area (Å²) in [6.07, 6.45) is 3.09. The van der Waals surface area contributed by atoms with Crippen LogP contribution in [0.3, 0.4) is 0 Å². The summed E-state index contributed by atoms with van der Waals surface area (Å²) in [5.74, 6) is -0.345. The van der Waals surface area contributed by atoms with Crippen LogP contribution >= 0.6 is 23.2 Å². The van der Waals surface area contributed by atoms with Crippen LogP contribution in [-0.4, -0.2) is 30.8 Å². The summed E-state index contributed by atoms with van der Waals surface area (Å²) in [6, 6.07) is 16.5. The van der Waals surface area contributed by atoms with Gasteiger partial charge in [-0.15, -0.1) is 6.58 Å². The molecule has 0 bridgehead atoms. The van der Waals surface area contributed by atoms with E-state index in [1.807, 2.05) is 12.1 Å².